The Morgan fingerprint density at radius 3 is 2.64 bits per heavy atom. The van der Waals surface area contributed by atoms with Crippen LogP contribution in [0, 0.1) is 33.1 Å². The van der Waals surface area contributed by atoms with Crippen molar-refractivity contribution in [1.82, 2.24) is 0 Å². The van der Waals surface area contributed by atoms with Gasteiger partial charge in [-0.15, -0.1) is 0 Å². The average Bonchev–Trinajstić information content (AvgIpc) is 2.10. The summed E-state index contributed by atoms with van der Waals surface area (Å²) >= 11 is 0. The summed E-state index contributed by atoms with van der Waals surface area (Å²) in [5.41, 5.74) is -1.26. The van der Waals surface area contributed by atoms with Crippen LogP contribution in [0.3, 0.4) is 0 Å². The molecule has 6 heteroatoms. The Morgan fingerprint density at radius 2 is 2.14 bits per heavy atom. The molecule has 0 bridgehead atoms. The number of halogens is 2. The molecular formula is C8H4F2N2O2. The van der Waals surface area contributed by atoms with Gasteiger partial charge >= 0.3 is 5.69 Å². The SMILES string of the molecule is N#CCc1cc(F)cc([N+](=O)[O-])c1F. The van der Waals surface area contributed by atoms with Crippen LogP contribution in [-0.2, 0) is 6.42 Å². The highest BCUT2D eigenvalue weighted by molar-refractivity contribution is 5.38. The summed E-state index contributed by atoms with van der Waals surface area (Å²) in [4.78, 5) is 9.22. The lowest BCUT2D eigenvalue weighted by Gasteiger charge is -1.99. The molecule has 0 saturated carbocycles. The maximum atomic E-state index is 13.1. The van der Waals surface area contributed by atoms with Gasteiger partial charge in [0.2, 0.25) is 5.82 Å². The Morgan fingerprint density at radius 1 is 1.50 bits per heavy atom. The van der Waals surface area contributed by atoms with Gasteiger partial charge in [0.15, 0.2) is 0 Å². The summed E-state index contributed by atoms with van der Waals surface area (Å²) in [6.45, 7) is 0. The minimum atomic E-state index is -1.15. The summed E-state index contributed by atoms with van der Waals surface area (Å²) in [6.07, 6.45) is -0.398. The lowest BCUT2D eigenvalue weighted by atomic mass is 10.1. The number of benzene rings is 1. The fourth-order valence-corrected chi connectivity index (χ4v) is 0.977. The molecule has 0 aliphatic carbocycles. The van der Waals surface area contributed by atoms with E-state index in [1.807, 2.05) is 0 Å². The fraction of sp³-hybridized carbons (Fsp3) is 0.125. The molecule has 0 aromatic heterocycles. The lowest BCUT2D eigenvalue weighted by molar-refractivity contribution is -0.387. The van der Waals surface area contributed by atoms with Crippen LogP contribution in [0.4, 0.5) is 14.5 Å². The van der Waals surface area contributed by atoms with Crippen molar-refractivity contribution in [2.24, 2.45) is 0 Å². The summed E-state index contributed by atoms with van der Waals surface area (Å²) in [6, 6.07) is 2.84. The minimum Gasteiger partial charge on any atom is -0.258 e. The van der Waals surface area contributed by atoms with E-state index in [2.05, 4.69) is 0 Å². The van der Waals surface area contributed by atoms with Gasteiger partial charge in [-0.25, -0.2) is 4.39 Å². The Bertz CT molecular complexity index is 426. The summed E-state index contributed by atoms with van der Waals surface area (Å²) < 4.78 is 25.8. The second-order valence-corrected chi connectivity index (χ2v) is 2.49. The van der Waals surface area contributed by atoms with Crippen molar-refractivity contribution in [2.75, 3.05) is 0 Å². The van der Waals surface area contributed by atoms with Crippen molar-refractivity contribution in [1.29, 1.82) is 5.26 Å². The molecule has 1 aromatic rings. The van der Waals surface area contributed by atoms with Crippen molar-refractivity contribution in [3.63, 3.8) is 0 Å². The van der Waals surface area contributed by atoms with Gasteiger partial charge in [-0.3, -0.25) is 10.1 Å². The van der Waals surface area contributed by atoms with Crippen molar-refractivity contribution in [3.05, 3.63) is 39.4 Å². The van der Waals surface area contributed by atoms with E-state index in [-0.39, 0.29) is 5.56 Å². The Balaban J connectivity index is 3.33. The number of hydrogen-bond donors (Lipinski definition) is 0. The van der Waals surface area contributed by atoms with E-state index in [1.54, 1.807) is 6.07 Å². The van der Waals surface area contributed by atoms with E-state index in [0.717, 1.165) is 6.07 Å². The quantitative estimate of drug-likeness (QED) is 0.538. The van der Waals surface area contributed by atoms with Crippen LogP contribution in [0.15, 0.2) is 12.1 Å². The van der Waals surface area contributed by atoms with Crippen molar-refractivity contribution < 1.29 is 13.7 Å². The van der Waals surface area contributed by atoms with Crippen LogP contribution >= 0.6 is 0 Å². The number of nitro groups is 1. The molecule has 0 atom stereocenters. The molecule has 14 heavy (non-hydrogen) atoms. The molecule has 4 nitrogen and oxygen atoms in total. The third kappa shape index (κ3) is 1.82. The number of nitro benzene ring substituents is 1. The number of rotatable bonds is 2. The van der Waals surface area contributed by atoms with Gasteiger partial charge < -0.3 is 0 Å². The Labute approximate surface area is 77.5 Å². The van der Waals surface area contributed by atoms with Crippen molar-refractivity contribution in [2.45, 2.75) is 6.42 Å². The van der Waals surface area contributed by atoms with Gasteiger partial charge in [0.05, 0.1) is 23.5 Å². The van der Waals surface area contributed by atoms with E-state index in [1.165, 1.54) is 0 Å². The maximum Gasteiger partial charge on any atom is 0.308 e. The predicted octanol–water partition coefficient (Wildman–Crippen LogP) is 1.94. The first-order chi connectivity index (χ1) is 6.56. The zero-order chi connectivity index (χ0) is 10.7. The molecule has 1 aromatic carbocycles. The van der Waals surface area contributed by atoms with E-state index < -0.39 is 28.7 Å². The first-order valence-corrected chi connectivity index (χ1v) is 3.55. The molecule has 0 amide bonds. The third-order valence-electron chi connectivity index (χ3n) is 1.56. The standard InChI is InChI=1S/C8H4F2N2O2/c9-6-3-5(1-2-11)8(10)7(4-6)12(13)14/h3-4H,1H2. The molecule has 0 radical (unpaired) electrons. The average molecular weight is 198 g/mol. The smallest absolute Gasteiger partial charge is 0.258 e. The van der Waals surface area contributed by atoms with E-state index in [9.17, 15) is 18.9 Å². The van der Waals surface area contributed by atoms with Crippen LogP contribution in [0.5, 0.6) is 0 Å². The van der Waals surface area contributed by atoms with Crippen LogP contribution in [-0.4, -0.2) is 4.92 Å². The highest BCUT2D eigenvalue weighted by atomic mass is 19.1. The van der Waals surface area contributed by atoms with Crippen LogP contribution in [0.2, 0.25) is 0 Å². The van der Waals surface area contributed by atoms with Gasteiger partial charge in [0, 0.05) is 5.56 Å². The number of nitrogens with zero attached hydrogens (tertiary/aromatic N) is 2. The fourth-order valence-electron chi connectivity index (χ4n) is 0.977. The molecule has 0 fully saturated rings. The second kappa shape index (κ2) is 3.79. The summed E-state index contributed by atoms with van der Waals surface area (Å²) in [7, 11) is 0. The topological polar surface area (TPSA) is 66.9 Å². The Hall–Kier alpha value is -2.03. The van der Waals surface area contributed by atoms with Gasteiger partial charge in [0.1, 0.15) is 5.82 Å². The van der Waals surface area contributed by atoms with E-state index >= 15 is 0 Å². The zero-order valence-corrected chi connectivity index (χ0v) is 6.83. The highest BCUT2D eigenvalue weighted by Crippen LogP contribution is 2.22. The minimum absolute atomic E-state index is 0.306. The molecule has 0 spiro atoms. The van der Waals surface area contributed by atoms with E-state index in [0.29, 0.717) is 6.07 Å². The van der Waals surface area contributed by atoms with Crippen molar-refractivity contribution >= 4 is 5.69 Å². The Kier molecular flexibility index (Phi) is 2.72. The monoisotopic (exact) mass is 198 g/mol. The molecule has 0 heterocycles. The molecule has 0 unspecified atom stereocenters. The number of hydrogen-bond acceptors (Lipinski definition) is 3. The van der Waals surface area contributed by atoms with Gasteiger partial charge in [-0.2, -0.15) is 9.65 Å². The molecular weight excluding hydrogens is 194 g/mol. The molecule has 1 rings (SSSR count). The molecule has 0 aliphatic rings. The zero-order valence-electron chi connectivity index (χ0n) is 6.83. The normalized spacial score (nSPS) is 9.50. The molecule has 0 saturated heterocycles. The molecule has 0 aliphatic heterocycles. The van der Waals surface area contributed by atoms with Crippen molar-refractivity contribution in [3.8, 4) is 6.07 Å². The third-order valence-corrected chi connectivity index (χ3v) is 1.56. The largest absolute Gasteiger partial charge is 0.308 e. The predicted molar refractivity (Wildman–Crippen MR) is 42.3 cm³/mol. The number of nitriles is 1. The molecule has 72 valence electrons. The molecule has 0 N–H and O–H groups in total. The first kappa shape index (κ1) is 10.1. The maximum absolute atomic E-state index is 13.1. The van der Waals surface area contributed by atoms with Gasteiger partial charge in [-0.05, 0) is 6.07 Å². The lowest BCUT2D eigenvalue weighted by Crippen LogP contribution is -1.98. The second-order valence-electron chi connectivity index (χ2n) is 2.49. The van der Waals surface area contributed by atoms with Crippen LogP contribution in [0.25, 0.3) is 0 Å². The van der Waals surface area contributed by atoms with Gasteiger partial charge in [0.25, 0.3) is 0 Å². The first-order valence-electron chi connectivity index (χ1n) is 3.55. The van der Waals surface area contributed by atoms with Crippen LogP contribution in [0.1, 0.15) is 5.56 Å². The summed E-state index contributed by atoms with van der Waals surface area (Å²) in [5, 5.41) is 18.5. The van der Waals surface area contributed by atoms with Gasteiger partial charge in [-0.1, -0.05) is 0 Å². The van der Waals surface area contributed by atoms with Crippen LogP contribution < -0.4 is 0 Å². The van der Waals surface area contributed by atoms with E-state index in [4.69, 9.17) is 5.26 Å². The summed E-state index contributed by atoms with van der Waals surface area (Å²) in [5.74, 6) is -2.08. The highest BCUT2D eigenvalue weighted by Gasteiger charge is 2.19.